The molecule has 18 heavy (non-hydrogen) atoms. The Morgan fingerprint density at radius 1 is 0.944 bits per heavy atom. The van der Waals surface area contributed by atoms with Crippen molar-refractivity contribution in [2.24, 2.45) is 0 Å². The van der Waals surface area contributed by atoms with E-state index in [0.29, 0.717) is 11.9 Å². The quantitative estimate of drug-likeness (QED) is 0.338. The first-order chi connectivity index (χ1) is 8.54. The van der Waals surface area contributed by atoms with Crippen LogP contribution in [-0.2, 0) is 0 Å². The molecule has 0 fully saturated rings. The third-order valence-corrected chi connectivity index (χ3v) is 2.65. The van der Waals surface area contributed by atoms with Crippen LogP contribution in [0.25, 0.3) is 0 Å². The Morgan fingerprint density at radius 2 is 1.61 bits per heavy atom. The first-order valence-electron chi connectivity index (χ1n) is 7.08. The predicted octanol–water partition coefficient (Wildman–Crippen LogP) is 2.14. The van der Waals surface area contributed by atoms with Crippen LogP contribution in [0.1, 0.15) is 47.0 Å². The molecule has 0 spiro atoms. The molecule has 0 heterocycles. The zero-order valence-electron chi connectivity index (χ0n) is 12.5. The van der Waals surface area contributed by atoms with E-state index >= 15 is 0 Å². The third kappa shape index (κ3) is 11.7. The summed E-state index contributed by atoms with van der Waals surface area (Å²) in [6.07, 6.45) is 3.48. The molecule has 0 bridgehead atoms. The standard InChI is InChI=1S/C14H31N3O/c1-12(2)14(18)17-9-7-5-6-8-15-10-11-16-13(3)4/h13,15-18H,5-11H2,1-4H3. The third-order valence-electron chi connectivity index (χ3n) is 2.65. The Labute approximate surface area is 112 Å². The highest BCUT2D eigenvalue weighted by molar-refractivity contribution is 4.98. The van der Waals surface area contributed by atoms with Crippen LogP contribution in [0, 0.1) is 0 Å². The van der Waals surface area contributed by atoms with Crippen LogP contribution in [-0.4, -0.2) is 37.3 Å². The molecule has 0 saturated heterocycles. The highest BCUT2D eigenvalue weighted by Gasteiger charge is 1.95. The second-order valence-electron chi connectivity index (χ2n) is 5.19. The van der Waals surface area contributed by atoms with Crippen LogP contribution in [0.2, 0.25) is 0 Å². The summed E-state index contributed by atoms with van der Waals surface area (Å²) >= 11 is 0. The van der Waals surface area contributed by atoms with Gasteiger partial charge in [-0.1, -0.05) is 20.3 Å². The van der Waals surface area contributed by atoms with Crippen LogP contribution in [0.5, 0.6) is 0 Å². The van der Waals surface area contributed by atoms with Gasteiger partial charge in [-0.05, 0) is 38.8 Å². The lowest BCUT2D eigenvalue weighted by molar-refractivity contribution is 0.354. The van der Waals surface area contributed by atoms with E-state index in [1.807, 2.05) is 13.8 Å². The zero-order valence-corrected chi connectivity index (χ0v) is 12.5. The molecule has 0 amide bonds. The van der Waals surface area contributed by atoms with Gasteiger partial charge in [0.2, 0.25) is 0 Å². The maximum Gasteiger partial charge on any atom is 0.182 e. The number of rotatable bonds is 11. The van der Waals surface area contributed by atoms with Gasteiger partial charge in [0.25, 0.3) is 0 Å². The zero-order chi connectivity index (χ0) is 13.8. The molecule has 0 unspecified atom stereocenters. The SMILES string of the molecule is CC(C)=C(O)NCCCCCNCCNC(C)C. The largest absolute Gasteiger partial charge is 0.495 e. The molecule has 4 N–H and O–H groups in total. The van der Waals surface area contributed by atoms with Crippen LogP contribution in [0.4, 0.5) is 0 Å². The smallest absolute Gasteiger partial charge is 0.182 e. The minimum atomic E-state index is 0.327. The monoisotopic (exact) mass is 257 g/mol. The van der Waals surface area contributed by atoms with Crippen molar-refractivity contribution < 1.29 is 5.11 Å². The van der Waals surface area contributed by atoms with Crippen molar-refractivity contribution in [1.29, 1.82) is 0 Å². The second kappa shape index (κ2) is 11.4. The highest BCUT2D eigenvalue weighted by atomic mass is 16.3. The molecule has 0 aliphatic carbocycles. The Balaban J connectivity index is 3.15. The fourth-order valence-corrected chi connectivity index (χ4v) is 1.51. The average molecular weight is 257 g/mol. The molecular weight excluding hydrogens is 226 g/mol. The van der Waals surface area contributed by atoms with Gasteiger partial charge in [-0.25, -0.2) is 0 Å². The van der Waals surface area contributed by atoms with Crippen molar-refractivity contribution in [2.45, 2.75) is 53.0 Å². The van der Waals surface area contributed by atoms with E-state index in [4.69, 9.17) is 0 Å². The maximum absolute atomic E-state index is 9.42. The molecule has 0 atom stereocenters. The van der Waals surface area contributed by atoms with Gasteiger partial charge in [0.05, 0.1) is 0 Å². The number of aliphatic hydroxyl groups is 1. The molecule has 4 heteroatoms. The Bertz CT molecular complexity index is 223. The van der Waals surface area contributed by atoms with E-state index < -0.39 is 0 Å². The van der Waals surface area contributed by atoms with Gasteiger partial charge in [0.15, 0.2) is 5.88 Å². The fourth-order valence-electron chi connectivity index (χ4n) is 1.51. The van der Waals surface area contributed by atoms with Crippen molar-refractivity contribution in [3.05, 3.63) is 11.5 Å². The van der Waals surface area contributed by atoms with Gasteiger partial charge in [-0.15, -0.1) is 0 Å². The van der Waals surface area contributed by atoms with E-state index in [1.54, 1.807) is 0 Å². The summed E-state index contributed by atoms with van der Waals surface area (Å²) in [7, 11) is 0. The van der Waals surface area contributed by atoms with E-state index in [2.05, 4.69) is 29.8 Å². The molecule has 108 valence electrons. The lowest BCUT2D eigenvalue weighted by Crippen LogP contribution is -2.32. The molecular formula is C14H31N3O. The van der Waals surface area contributed by atoms with Gasteiger partial charge < -0.3 is 21.1 Å². The molecule has 0 rings (SSSR count). The number of unbranched alkanes of at least 4 members (excludes halogenated alkanes) is 2. The van der Waals surface area contributed by atoms with Crippen molar-refractivity contribution in [3.8, 4) is 0 Å². The van der Waals surface area contributed by atoms with E-state index in [0.717, 1.165) is 38.2 Å². The Morgan fingerprint density at radius 3 is 2.22 bits per heavy atom. The van der Waals surface area contributed by atoms with Crippen LogP contribution in [0.15, 0.2) is 11.5 Å². The van der Waals surface area contributed by atoms with Gasteiger partial charge >= 0.3 is 0 Å². The fraction of sp³-hybridized carbons (Fsp3) is 0.857. The Hall–Kier alpha value is -0.740. The number of hydrogen-bond donors (Lipinski definition) is 4. The van der Waals surface area contributed by atoms with Crippen LogP contribution >= 0.6 is 0 Å². The molecule has 0 saturated carbocycles. The summed E-state index contributed by atoms with van der Waals surface area (Å²) < 4.78 is 0. The summed E-state index contributed by atoms with van der Waals surface area (Å²) in [6, 6.07) is 0.570. The minimum absolute atomic E-state index is 0.327. The van der Waals surface area contributed by atoms with Crippen molar-refractivity contribution >= 4 is 0 Å². The van der Waals surface area contributed by atoms with Gasteiger partial charge in [-0.2, -0.15) is 0 Å². The van der Waals surface area contributed by atoms with Crippen molar-refractivity contribution in [1.82, 2.24) is 16.0 Å². The summed E-state index contributed by atoms with van der Waals surface area (Å²) in [6.45, 7) is 12.1. The number of allylic oxidation sites excluding steroid dienone is 1. The highest BCUT2D eigenvalue weighted by Crippen LogP contribution is 1.97. The topological polar surface area (TPSA) is 56.3 Å². The van der Waals surface area contributed by atoms with Gasteiger partial charge in [-0.3, -0.25) is 0 Å². The first kappa shape index (κ1) is 17.3. The predicted molar refractivity (Wildman–Crippen MR) is 78.9 cm³/mol. The maximum atomic E-state index is 9.42. The van der Waals surface area contributed by atoms with Crippen molar-refractivity contribution in [2.75, 3.05) is 26.2 Å². The van der Waals surface area contributed by atoms with Crippen molar-refractivity contribution in [3.63, 3.8) is 0 Å². The van der Waals surface area contributed by atoms with Crippen LogP contribution in [0.3, 0.4) is 0 Å². The van der Waals surface area contributed by atoms with Gasteiger partial charge in [0, 0.05) is 25.7 Å². The lowest BCUT2D eigenvalue weighted by atomic mass is 10.2. The lowest BCUT2D eigenvalue weighted by Gasteiger charge is -2.09. The van der Waals surface area contributed by atoms with Gasteiger partial charge in [0.1, 0.15) is 0 Å². The summed E-state index contributed by atoms with van der Waals surface area (Å²) in [4.78, 5) is 0. The molecule has 0 aromatic rings. The number of hydrogen-bond acceptors (Lipinski definition) is 4. The van der Waals surface area contributed by atoms with E-state index in [-0.39, 0.29) is 0 Å². The second-order valence-corrected chi connectivity index (χ2v) is 5.19. The molecule has 0 aliphatic rings. The minimum Gasteiger partial charge on any atom is -0.495 e. The number of nitrogens with one attached hydrogen (secondary N) is 3. The number of aliphatic hydroxyl groups excluding tert-OH is 1. The van der Waals surface area contributed by atoms with Crippen LogP contribution < -0.4 is 16.0 Å². The first-order valence-corrected chi connectivity index (χ1v) is 7.08. The average Bonchev–Trinajstić information content (AvgIpc) is 2.30. The molecule has 0 aromatic heterocycles. The normalized spacial score (nSPS) is 10.7. The molecule has 0 aromatic carbocycles. The molecule has 0 aliphatic heterocycles. The molecule has 0 radical (unpaired) electrons. The summed E-state index contributed by atoms with van der Waals surface area (Å²) in [5, 5.41) is 19.2. The van der Waals surface area contributed by atoms with E-state index in [9.17, 15) is 5.11 Å². The Kier molecular flexibility index (Phi) is 10.9. The summed E-state index contributed by atoms with van der Waals surface area (Å²) in [5.74, 6) is 0.327. The summed E-state index contributed by atoms with van der Waals surface area (Å²) in [5.41, 5.74) is 0.939. The van der Waals surface area contributed by atoms with E-state index in [1.165, 1.54) is 12.8 Å². The molecule has 4 nitrogen and oxygen atoms in total.